The van der Waals surface area contributed by atoms with Crippen LogP contribution in [0.4, 0.5) is 0 Å². The molecule has 0 saturated carbocycles. The normalized spacial score (nSPS) is 46.3. The van der Waals surface area contributed by atoms with Gasteiger partial charge in [0.1, 0.15) is 48.8 Å². The fourth-order valence-corrected chi connectivity index (χ4v) is 5.98. The first-order valence-corrected chi connectivity index (χ1v) is 15.4. The molecule has 0 aliphatic carbocycles. The average molecular weight is 659 g/mol. The Morgan fingerprint density at radius 2 is 0.644 bits per heavy atom. The first-order valence-electron chi connectivity index (χ1n) is 15.4. The van der Waals surface area contributed by atoms with Gasteiger partial charge in [-0.15, -0.1) is 0 Å². The number of aliphatic hydroxyl groups is 10. The van der Waals surface area contributed by atoms with Crippen LogP contribution < -0.4 is 0 Å². The van der Waals surface area contributed by atoms with E-state index >= 15 is 0 Å². The SMILES string of the molecule is OC[C@@H]1CO[C@@H](COC[C@@H]2CO[C@@H](COC[C@@H]3CO[C@@H](COC[C@@H]4CO[C@@H](CO)C(O)C4O)C(O)C3O)C(O)C2O)C(O)C1O. The highest BCUT2D eigenvalue weighted by Gasteiger charge is 2.43. The molecule has 0 spiro atoms. The van der Waals surface area contributed by atoms with Gasteiger partial charge in [0.25, 0.3) is 0 Å². The Kier molecular flexibility index (Phi) is 14.6. The second-order valence-corrected chi connectivity index (χ2v) is 12.4. The van der Waals surface area contributed by atoms with Crippen LogP contribution >= 0.6 is 0 Å². The largest absolute Gasteiger partial charge is 0.396 e. The Morgan fingerprint density at radius 3 is 0.978 bits per heavy atom. The molecular weight excluding hydrogens is 608 g/mol. The van der Waals surface area contributed by atoms with Crippen molar-refractivity contribution in [3.8, 4) is 0 Å². The average Bonchev–Trinajstić information content (AvgIpc) is 3.03. The summed E-state index contributed by atoms with van der Waals surface area (Å²) in [4.78, 5) is 0. The van der Waals surface area contributed by atoms with Gasteiger partial charge in [0.15, 0.2) is 0 Å². The fourth-order valence-electron chi connectivity index (χ4n) is 5.98. The predicted molar refractivity (Wildman–Crippen MR) is 148 cm³/mol. The van der Waals surface area contributed by atoms with Crippen molar-refractivity contribution in [2.45, 2.75) is 73.2 Å². The summed E-state index contributed by atoms with van der Waals surface area (Å²) >= 11 is 0. The van der Waals surface area contributed by atoms with Gasteiger partial charge < -0.3 is 84.2 Å². The van der Waals surface area contributed by atoms with Crippen LogP contribution in [0.15, 0.2) is 0 Å². The van der Waals surface area contributed by atoms with Crippen LogP contribution in [0.5, 0.6) is 0 Å². The molecule has 17 nitrogen and oxygen atoms in total. The molecule has 0 bridgehead atoms. The highest BCUT2D eigenvalue weighted by atomic mass is 16.6. The Morgan fingerprint density at radius 1 is 0.356 bits per heavy atom. The van der Waals surface area contributed by atoms with Crippen molar-refractivity contribution in [2.24, 2.45) is 23.7 Å². The molecule has 10 N–H and O–H groups in total. The maximum Gasteiger partial charge on any atom is 0.109 e. The summed E-state index contributed by atoms with van der Waals surface area (Å²) in [6, 6.07) is 0. The maximum atomic E-state index is 10.6. The molecular formula is C28H50O17. The summed E-state index contributed by atoms with van der Waals surface area (Å²) in [5.41, 5.74) is 0. The smallest absolute Gasteiger partial charge is 0.109 e. The van der Waals surface area contributed by atoms with E-state index in [1.165, 1.54) is 0 Å². The van der Waals surface area contributed by atoms with Gasteiger partial charge in [-0.2, -0.15) is 0 Å². The van der Waals surface area contributed by atoms with Crippen molar-refractivity contribution in [3.63, 3.8) is 0 Å². The maximum absolute atomic E-state index is 10.6. The molecule has 4 heterocycles. The van der Waals surface area contributed by atoms with E-state index in [4.69, 9.17) is 38.3 Å². The zero-order valence-corrected chi connectivity index (χ0v) is 25.1. The number of rotatable bonds is 14. The van der Waals surface area contributed by atoms with Crippen LogP contribution in [-0.2, 0) is 33.2 Å². The number of ether oxygens (including phenoxy) is 7. The molecule has 17 heteroatoms. The van der Waals surface area contributed by atoms with Gasteiger partial charge >= 0.3 is 0 Å². The molecule has 16 atom stereocenters. The lowest BCUT2D eigenvalue weighted by Crippen LogP contribution is -2.55. The summed E-state index contributed by atoms with van der Waals surface area (Å²) in [6.07, 6.45) is -13.1. The zero-order chi connectivity index (χ0) is 32.7. The van der Waals surface area contributed by atoms with Gasteiger partial charge in [0, 0.05) is 23.7 Å². The van der Waals surface area contributed by atoms with Crippen LogP contribution in [-0.4, -0.2) is 204 Å². The monoisotopic (exact) mass is 658 g/mol. The second-order valence-electron chi connectivity index (χ2n) is 12.4. The van der Waals surface area contributed by atoms with Gasteiger partial charge in [-0.3, -0.25) is 0 Å². The van der Waals surface area contributed by atoms with Crippen LogP contribution in [0, 0.1) is 23.7 Å². The Labute approximate surface area is 260 Å². The molecule has 0 aromatic rings. The van der Waals surface area contributed by atoms with Gasteiger partial charge in [0.05, 0.1) is 104 Å². The minimum absolute atomic E-state index is 0.00212. The Balaban J connectivity index is 1.10. The van der Waals surface area contributed by atoms with E-state index < -0.39 is 104 Å². The van der Waals surface area contributed by atoms with Crippen molar-refractivity contribution < 1.29 is 84.2 Å². The highest BCUT2D eigenvalue weighted by Crippen LogP contribution is 2.26. The van der Waals surface area contributed by atoms with E-state index in [1.54, 1.807) is 0 Å². The molecule has 0 aromatic heterocycles. The minimum atomic E-state index is -1.29. The van der Waals surface area contributed by atoms with E-state index in [2.05, 4.69) is 0 Å². The third-order valence-corrected chi connectivity index (χ3v) is 9.21. The Bertz CT molecular complexity index is 790. The molecule has 264 valence electrons. The highest BCUT2D eigenvalue weighted by molar-refractivity contribution is 4.91. The third kappa shape index (κ3) is 9.27. The van der Waals surface area contributed by atoms with Crippen LogP contribution in [0.3, 0.4) is 0 Å². The fraction of sp³-hybridized carbons (Fsp3) is 1.00. The summed E-state index contributed by atoms with van der Waals surface area (Å²) in [5.74, 6) is -2.30. The lowest BCUT2D eigenvalue weighted by Gasteiger charge is -2.40. The summed E-state index contributed by atoms with van der Waals surface area (Å²) in [6.45, 7) is -0.781. The third-order valence-electron chi connectivity index (χ3n) is 9.21. The van der Waals surface area contributed by atoms with Crippen molar-refractivity contribution in [3.05, 3.63) is 0 Å². The summed E-state index contributed by atoms with van der Waals surface area (Å²) in [5, 5.41) is 101. The van der Waals surface area contributed by atoms with Crippen molar-refractivity contribution >= 4 is 0 Å². The van der Waals surface area contributed by atoms with Crippen molar-refractivity contribution in [1.29, 1.82) is 0 Å². The lowest BCUT2D eigenvalue weighted by atomic mass is 9.92. The molecule has 8 unspecified atom stereocenters. The summed E-state index contributed by atoms with van der Waals surface area (Å²) in [7, 11) is 0. The molecule has 45 heavy (non-hydrogen) atoms. The number of aliphatic hydroxyl groups excluding tert-OH is 10. The van der Waals surface area contributed by atoms with E-state index in [-0.39, 0.29) is 72.7 Å². The van der Waals surface area contributed by atoms with Crippen molar-refractivity contribution in [2.75, 3.05) is 79.3 Å². The predicted octanol–water partition coefficient (Wildman–Crippen LogP) is -6.03. The molecule has 4 aliphatic rings. The van der Waals surface area contributed by atoms with Crippen LogP contribution in [0.1, 0.15) is 0 Å². The molecule has 4 fully saturated rings. The van der Waals surface area contributed by atoms with Gasteiger partial charge in [0.2, 0.25) is 0 Å². The Hall–Kier alpha value is -0.680. The van der Waals surface area contributed by atoms with Crippen LogP contribution in [0.25, 0.3) is 0 Å². The van der Waals surface area contributed by atoms with Gasteiger partial charge in [-0.1, -0.05) is 0 Å². The van der Waals surface area contributed by atoms with Gasteiger partial charge in [-0.25, -0.2) is 0 Å². The van der Waals surface area contributed by atoms with Gasteiger partial charge in [-0.05, 0) is 0 Å². The topological polar surface area (TPSA) is 267 Å². The molecule has 4 rings (SSSR count). The first kappa shape index (κ1) is 37.1. The molecule has 0 radical (unpaired) electrons. The minimum Gasteiger partial charge on any atom is -0.396 e. The molecule has 4 aliphatic heterocycles. The van der Waals surface area contributed by atoms with E-state index in [0.29, 0.717) is 0 Å². The summed E-state index contributed by atoms with van der Waals surface area (Å²) < 4.78 is 38.9. The van der Waals surface area contributed by atoms with E-state index in [1.807, 2.05) is 0 Å². The van der Waals surface area contributed by atoms with E-state index in [9.17, 15) is 46.0 Å². The molecule has 0 aromatic carbocycles. The number of hydrogen-bond acceptors (Lipinski definition) is 17. The zero-order valence-electron chi connectivity index (χ0n) is 25.1. The van der Waals surface area contributed by atoms with Crippen molar-refractivity contribution in [1.82, 2.24) is 0 Å². The first-order chi connectivity index (χ1) is 21.6. The molecule has 0 amide bonds. The van der Waals surface area contributed by atoms with E-state index in [0.717, 1.165) is 0 Å². The second kappa shape index (κ2) is 17.6. The quantitative estimate of drug-likeness (QED) is 0.0832. The number of hydrogen-bond donors (Lipinski definition) is 10. The van der Waals surface area contributed by atoms with Crippen LogP contribution in [0.2, 0.25) is 0 Å². The molecule has 4 saturated heterocycles. The standard InChI is InChI=1S/C28H50O17/c29-1-13-6-43-18(26(36)21(13)31)10-40-4-15-8-45-20(28(38)23(15)33)12-41-5-16-9-44-19(27(37)24(16)34)11-39-3-14-7-42-17(2-30)25(35)22(14)32/h13-38H,1-12H2/t13-,14-,15-,16-,17+,18+,19+,20+,21?,22?,23?,24?,25?,26?,27?,28?/m1/s1. The lowest BCUT2D eigenvalue weighted by molar-refractivity contribution is -0.213.